The Morgan fingerprint density at radius 1 is 1.40 bits per heavy atom. The maximum Gasteiger partial charge on any atom is 0.150 e. The van der Waals surface area contributed by atoms with Crippen LogP contribution in [0.1, 0.15) is 38.5 Å². The Kier molecular flexibility index (Phi) is 3.06. The Balaban J connectivity index is 2.01. The van der Waals surface area contributed by atoms with Crippen LogP contribution in [0, 0.1) is 17.2 Å². The minimum absolute atomic E-state index is 0.105. The number of nitriles is 1. The molecule has 0 spiro atoms. The van der Waals surface area contributed by atoms with Crippen LogP contribution in [0.25, 0.3) is 0 Å². The number of carbonyl (C=O) groups is 1. The minimum Gasteiger partial charge on any atom is -0.300 e. The van der Waals surface area contributed by atoms with Crippen LogP contribution in [0.3, 0.4) is 0 Å². The number of fused-ring (bicyclic) bond motifs is 2. The molecule has 0 radical (unpaired) electrons. The van der Waals surface area contributed by atoms with E-state index in [0.717, 1.165) is 12.8 Å². The van der Waals surface area contributed by atoms with Crippen molar-refractivity contribution in [3.05, 3.63) is 0 Å². The summed E-state index contributed by atoms with van der Waals surface area (Å²) in [6, 6.07) is 3.15. The number of piperidine rings is 2. The van der Waals surface area contributed by atoms with Gasteiger partial charge in [-0.2, -0.15) is 5.26 Å². The van der Waals surface area contributed by atoms with E-state index >= 15 is 0 Å². The highest BCUT2D eigenvalue weighted by atomic mass is 16.1. The van der Waals surface area contributed by atoms with Gasteiger partial charge in [-0.05, 0) is 32.7 Å². The van der Waals surface area contributed by atoms with Crippen molar-refractivity contribution in [3.63, 3.8) is 0 Å². The molecule has 0 N–H and O–H groups in total. The van der Waals surface area contributed by atoms with E-state index in [-0.39, 0.29) is 18.1 Å². The molecule has 0 aromatic heterocycles. The minimum atomic E-state index is 0.105. The molecule has 3 heteroatoms. The van der Waals surface area contributed by atoms with Crippen LogP contribution in [0.15, 0.2) is 0 Å². The Morgan fingerprint density at radius 2 is 2.00 bits per heavy atom. The maximum absolute atomic E-state index is 11.7. The van der Waals surface area contributed by atoms with E-state index in [0.29, 0.717) is 12.1 Å². The number of hydrogen-bond acceptors (Lipinski definition) is 3. The standard InChI is InChI=1S/C12H18N2O/c1-14-10-3-2-4-11(14)8-9(7-10)12(15)5-6-13/h9-11H,2-5,7-8H2,1H3. The molecule has 0 aliphatic carbocycles. The normalized spacial score (nSPS) is 35.9. The smallest absolute Gasteiger partial charge is 0.150 e. The van der Waals surface area contributed by atoms with Gasteiger partial charge in [-0.15, -0.1) is 0 Å². The fourth-order valence-corrected chi connectivity index (χ4v) is 3.10. The monoisotopic (exact) mass is 206 g/mol. The SMILES string of the molecule is CN1C2CCCC1CC(C(=O)CC#N)C2. The molecule has 2 rings (SSSR count). The number of carbonyl (C=O) groups excluding carboxylic acids is 1. The molecule has 0 aromatic carbocycles. The van der Waals surface area contributed by atoms with E-state index in [4.69, 9.17) is 5.26 Å². The zero-order valence-corrected chi connectivity index (χ0v) is 9.28. The lowest BCUT2D eigenvalue weighted by atomic mass is 9.77. The third kappa shape index (κ3) is 2.05. The average molecular weight is 206 g/mol. The van der Waals surface area contributed by atoms with Crippen LogP contribution in [0.5, 0.6) is 0 Å². The first-order valence-corrected chi connectivity index (χ1v) is 5.84. The maximum atomic E-state index is 11.7. The zero-order valence-electron chi connectivity index (χ0n) is 9.28. The number of hydrogen-bond donors (Lipinski definition) is 0. The molecular weight excluding hydrogens is 188 g/mol. The summed E-state index contributed by atoms with van der Waals surface area (Å²) >= 11 is 0. The Morgan fingerprint density at radius 3 is 2.53 bits per heavy atom. The fraction of sp³-hybridized carbons (Fsp3) is 0.833. The molecule has 0 amide bonds. The topological polar surface area (TPSA) is 44.1 Å². The highest BCUT2D eigenvalue weighted by Crippen LogP contribution is 2.36. The molecule has 2 bridgehead atoms. The summed E-state index contributed by atoms with van der Waals surface area (Å²) < 4.78 is 0. The first kappa shape index (κ1) is 10.6. The zero-order chi connectivity index (χ0) is 10.8. The van der Waals surface area contributed by atoms with Crippen molar-refractivity contribution in [1.82, 2.24) is 4.90 Å². The molecule has 82 valence electrons. The summed E-state index contributed by atoms with van der Waals surface area (Å²) in [6.07, 6.45) is 5.82. The summed E-state index contributed by atoms with van der Waals surface area (Å²) in [5, 5.41) is 8.54. The lowest BCUT2D eigenvalue weighted by molar-refractivity contribution is -0.125. The second-order valence-corrected chi connectivity index (χ2v) is 4.87. The second kappa shape index (κ2) is 4.32. The molecule has 2 saturated heterocycles. The van der Waals surface area contributed by atoms with Gasteiger partial charge >= 0.3 is 0 Å². The van der Waals surface area contributed by atoms with Gasteiger partial charge in [0.15, 0.2) is 0 Å². The van der Waals surface area contributed by atoms with Crippen molar-refractivity contribution >= 4 is 5.78 Å². The van der Waals surface area contributed by atoms with Crippen molar-refractivity contribution in [1.29, 1.82) is 5.26 Å². The Hall–Kier alpha value is -0.880. The van der Waals surface area contributed by atoms with Gasteiger partial charge < -0.3 is 4.90 Å². The van der Waals surface area contributed by atoms with E-state index < -0.39 is 0 Å². The van der Waals surface area contributed by atoms with Gasteiger partial charge in [0.25, 0.3) is 0 Å². The van der Waals surface area contributed by atoms with E-state index in [1.807, 2.05) is 6.07 Å². The van der Waals surface area contributed by atoms with Gasteiger partial charge in [0, 0.05) is 18.0 Å². The predicted octanol–water partition coefficient (Wildman–Crippen LogP) is 1.73. The van der Waals surface area contributed by atoms with Gasteiger partial charge in [0.1, 0.15) is 5.78 Å². The van der Waals surface area contributed by atoms with Gasteiger partial charge in [0.2, 0.25) is 0 Å². The Bertz CT molecular complexity index is 280. The van der Waals surface area contributed by atoms with E-state index in [2.05, 4.69) is 11.9 Å². The second-order valence-electron chi connectivity index (χ2n) is 4.87. The molecule has 2 aliphatic heterocycles. The molecule has 2 aliphatic rings. The third-order valence-electron chi connectivity index (χ3n) is 4.05. The lowest BCUT2D eigenvalue weighted by Crippen LogP contribution is -2.50. The Labute approximate surface area is 91.1 Å². The van der Waals surface area contributed by atoms with Gasteiger partial charge in [0.05, 0.1) is 12.5 Å². The van der Waals surface area contributed by atoms with Crippen LogP contribution >= 0.6 is 0 Å². The van der Waals surface area contributed by atoms with Crippen molar-refractivity contribution in [2.24, 2.45) is 5.92 Å². The summed E-state index contributed by atoms with van der Waals surface area (Å²) in [5.74, 6) is 0.332. The quantitative estimate of drug-likeness (QED) is 0.691. The van der Waals surface area contributed by atoms with E-state index in [9.17, 15) is 4.79 Å². The average Bonchev–Trinajstić information content (AvgIpc) is 2.17. The molecule has 2 unspecified atom stereocenters. The summed E-state index contributed by atoms with van der Waals surface area (Å²) in [6.45, 7) is 0. The molecule has 15 heavy (non-hydrogen) atoms. The van der Waals surface area contributed by atoms with Crippen molar-refractivity contribution in [3.8, 4) is 6.07 Å². The van der Waals surface area contributed by atoms with Crippen molar-refractivity contribution < 1.29 is 4.79 Å². The van der Waals surface area contributed by atoms with Gasteiger partial charge in [-0.1, -0.05) is 6.42 Å². The lowest BCUT2D eigenvalue weighted by Gasteiger charge is -2.46. The highest BCUT2D eigenvalue weighted by molar-refractivity contribution is 5.83. The molecule has 2 fully saturated rings. The number of nitrogens with zero attached hydrogens (tertiary/aromatic N) is 2. The van der Waals surface area contributed by atoms with Gasteiger partial charge in [-0.25, -0.2) is 0 Å². The largest absolute Gasteiger partial charge is 0.300 e. The highest BCUT2D eigenvalue weighted by Gasteiger charge is 2.38. The molecule has 3 nitrogen and oxygen atoms in total. The summed E-state index contributed by atoms with van der Waals surface area (Å²) in [4.78, 5) is 14.1. The van der Waals surface area contributed by atoms with Crippen molar-refractivity contribution in [2.45, 2.75) is 50.6 Å². The van der Waals surface area contributed by atoms with Crippen LogP contribution in [0.2, 0.25) is 0 Å². The molecule has 0 aromatic rings. The number of ketones is 1. The number of Topliss-reactive ketones (excluding diaryl/α,β-unsaturated/α-hetero) is 1. The van der Waals surface area contributed by atoms with Crippen LogP contribution in [0.4, 0.5) is 0 Å². The molecule has 0 saturated carbocycles. The van der Waals surface area contributed by atoms with Crippen LogP contribution < -0.4 is 0 Å². The van der Waals surface area contributed by atoms with Crippen molar-refractivity contribution in [2.75, 3.05) is 7.05 Å². The first-order valence-electron chi connectivity index (χ1n) is 5.84. The van der Waals surface area contributed by atoms with Crippen LogP contribution in [-0.2, 0) is 4.79 Å². The van der Waals surface area contributed by atoms with E-state index in [1.165, 1.54) is 19.3 Å². The van der Waals surface area contributed by atoms with Crippen LogP contribution in [-0.4, -0.2) is 29.8 Å². The molecule has 2 heterocycles. The molecule has 2 atom stereocenters. The summed E-state index contributed by atoms with van der Waals surface area (Å²) in [5.41, 5.74) is 0. The fourth-order valence-electron chi connectivity index (χ4n) is 3.10. The van der Waals surface area contributed by atoms with E-state index in [1.54, 1.807) is 0 Å². The van der Waals surface area contributed by atoms with Gasteiger partial charge in [-0.3, -0.25) is 4.79 Å². The molecular formula is C12H18N2O. The summed E-state index contributed by atoms with van der Waals surface area (Å²) in [7, 11) is 2.18. The third-order valence-corrected chi connectivity index (χ3v) is 4.05. The first-order chi connectivity index (χ1) is 7.22. The number of rotatable bonds is 2. The predicted molar refractivity (Wildman–Crippen MR) is 57.2 cm³/mol.